The third-order valence-corrected chi connectivity index (χ3v) is 6.59. The number of carbonyl (C=O) groups excluding carboxylic acids is 2. The van der Waals surface area contributed by atoms with Crippen LogP contribution in [0, 0.1) is 5.92 Å². The maximum Gasteiger partial charge on any atom is 0.416 e. The van der Waals surface area contributed by atoms with E-state index in [1.54, 1.807) is 13.0 Å². The second-order valence-corrected chi connectivity index (χ2v) is 10.2. The molecule has 0 bridgehead atoms. The molecule has 0 atom stereocenters. The van der Waals surface area contributed by atoms with E-state index in [9.17, 15) is 22.8 Å². The van der Waals surface area contributed by atoms with Crippen LogP contribution in [-0.4, -0.2) is 55.0 Å². The topological polar surface area (TPSA) is 49.9 Å². The van der Waals surface area contributed by atoms with Gasteiger partial charge in [0, 0.05) is 62.4 Å². The van der Waals surface area contributed by atoms with E-state index in [1.807, 2.05) is 18.7 Å². The monoisotopic (exact) mass is 510 g/mol. The Kier molecular flexibility index (Phi) is 10.6. The first-order valence-corrected chi connectivity index (χ1v) is 12.9. The van der Waals surface area contributed by atoms with E-state index in [0.717, 1.165) is 64.5 Å². The van der Waals surface area contributed by atoms with Crippen LogP contribution in [0.15, 0.2) is 35.4 Å². The van der Waals surface area contributed by atoms with Gasteiger partial charge in [-0.25, -0.2) is 4.79 Å². The lowest BCUT2D eigenvalue weighted by molar-refractivity contribution is -0.150. The van der Waals surface area contributed by atoms with Crippen molar-refractivity contribution in [2.24, 2.45) is 5.92 Å². The summed E-state index contributed by atoms with van der Waals surface area (Å²) in [7, 11) is 0. The van der Waals surface area contributed by atoms with Crippen molar-refractivity contribution >= 4 is 17.4 Å². The van der Waals surface area contributed by atoms with Gasteiger partial charge in [-0.05, 0) is 50.8 Å². The largest absolute Gasteiger partial charge is 0.451 e. The molecule has 8 heteroatoms. The zero-order valence-corrected chi connectivity index (χ0v) is 22.5. The van der Waals surface area contributed by atoms with Crippen LogP contribution in [0.4, 0.5) is 18.9 Å². The van der Waals surface area contributed by atoms with E-state index in [2.05, 4.69) is 18.7 Å². The number of alkyl halides is 3. The highest BCUT2D eigenvalue weighted by molar-refractivity contribution is 6.07. The van der Waals surface area contributed by atoms with Gasteiger partial charge in [-0.3, -0.25) is 4.79 Å². The molecule has 3 rings (SSSR count). The van der Waals surface area contributed by atoms with Gasteiger partial charge in [-0.15, -0.1) is 0 Å². The number of rotatable bonds is 8. The van der Waals surface area contributed by atoms with Crippen LogP contribution in [0.5, 0.6) is 0 Å². The molecule has 0 N–H and O–H groups in total. The molecule has 0 radical (unpaired) electrons. The lowest BCUT2D eigenvalue weighted by Gasteiger charge is -2.39. The molecular formula is C28H41F3N2O3. The third kappa shape index (κ3) is 7.58. The average molecular weight is 511 g/mol. The van der Waals surface area contributed by atoms with Gasteiger partial charge in [0.05, 0.1) is 5.56 Å². The number of likely N-dealkylation sites (tertiary alicyclic amines) is 1. The number of esters is 1. The Bertz CT molecular complexity index is 926. The minimum atomic E-state index is -4.26. The van der Waals surface area contributed by atoms with Gasteiger partial charge in [-0.1, -0.05) is 33.8 Å². The van der Waals surface area contributed by atoms with Crippen LogP contribution in [-0.2, 0) is 20.5 Å². The molecule has 1 spiro atoms. The summed E-state index contributed by atoms with van der Waals surface area (Å²) in [4.78, 5) is 28.0. The lowest BCUT2D eigenvalue weighted by atomic mass is 9.81. The first kappa shape index (κ1) is 29.9. The van der Waals surface area contributed by atoms with E-state index in [1.165, 1.54) is 19.1 Å². The van der Waals surface area contributed by atoms with E-state index < -0.39 is 17.3 Å². The van der Waals surface area contributed by atoms with Gasteiger partial charge < -0.3 is 14.5 Å². The normalized spacial score (nSPS) is 17.8. The number of halogens is 3. The molecule has 1 saturated heterocycles. The standard InChI is InChI=1S/C15H23NO3.C13H18F3N/c1-10(2)9-16-7-5-15(6-8-16)13(12(4)17)11(3)14(18)19-15;1-3-8-17(9-4-2)12-7-5-6-11(10-12)13(14,15)16/h10H,5-9H2,1-4H3;5-7,10H,3-4,8-9H2,1-2H3. The van der Waals surface area contributed by atoms with Gasteiger partial charge in [0.2, 0.25) is 0 Å². The van der Waals surface area contributed by atoms with E-state index in [-0.39, 0.29) is 11.8 Å². The minimum absolute atomic E-state index is 0.0272. The Hall–Kier alpha value is -2.35. The third-order valence-electron chi connectivity index (χ3n) is 6.59. The molecule has 1 aromatic carbocycles. The first-order valence-electron chi connectivity index (χ1n) is 12.9. The number of anilines is 1. The fourth-order valence-electron chi connectivity index (χ4n) is 5.09. The van der Waals surface area contributed by atoms with Gasteiger partial charge in [0.15, 0.2) is 5.78 Å². The van der Waals surface area contributed by atoms with E-state index in [0.29, 0.717) is 22.8 Å². The smallest absolute Gasteiger partial charge is 0.416 e. The van der Waals surface area contributed by atoms with Gasteiger partial charge >= 0.3 is 12.1 Å². The molecule has 0 amide bonds. The second-order valence-electron chi connectivity index (χ2n) is 10.2. The predicted molar refractivity (Wildman–Crippen MR) is 137 cm³/mol. The molecule has 1 aromatic rings. The van der Waals surface area contributed by atoms with Crippen LogP contribution in [0.1, 0.15) is 72.8 Å². The Morgan fingerprint density at radius 3 is 2.19 bits per heavy atom. The van der Waals surface area contributed by atoms with Crippen molar-refractivity contribution in [1.29, 1.82) is 0 Å². The number of piperidine rings is 1. The van der Waals surface area contributed by atoms with Crippen LogP contribution < -0.4 is 4.90 Å². The fourth-order valence-corrected chi connectivity index (χ4v) is 5.09. The van der Waals surface area contributed by atoms with Gasteiger partial charge in [0.1, 0.15) is 5.60 Å². The molecule has 36 heavy (non-hydrogen) atoms. The van der Waals surface area contributed by atoms with Crippen LogP contribution in [0.2, 0.25) is 0 Å². The molecule has 5 nitrogen and oxygen atoms in total. The molecule has 2 heterocycles. The number of ketones is 1. The highest BCUT2D eigenvalue weighted by Gasteiger charge is 2.49. The highest BCUT2D eigenvalue weighted by Crippen LogP contribution is 2.41. The van der Waals surface area contributed by atoms with E-state index in [4.69, 9.17) is 4.74 Å². The molecule has 0 aliphatic carbocycles. The summed E-state index contributed by atoms with van der Waals surface area (Å²) in [6.07, 6.45) is -0.942. The summed E-state index contributed by atoms with van der Waals surface area (Å²) in [5.41, 5.74) is 0.558. The zero-order chi connectivity index (χ0) is 27.1. The maximum atomic E-state index is 12.6. The summed E-state index contributed by atoms with van der Waals surface area (Å²) in [5, 5.41) is 0. The summed E-state index contributed by atoms with van der Waals surface area (Å²) in [6.45, 7) is 16.1. The van der Waals surface area contributed by atoms with Crippen LogP contribution in [0.3, 0.4) is 0 Å². The van der Waals surface area contributed by atoms with Gasteiger partial charge in [0.25, 0.3) is 0 Å². The molecule has 1 fully saturated rings. The first-order chi connectivity index (χ1) is 16.8. The van der Waals surface area contributed by atoms with Crippen molar-refractivity contribution in [3.05, 3.63) is 41.0 Å². The second kappa shape index (κ2) is 12.7. The van der Waals surface area contributed by atoms with E-state index >= 15 is 0 Å². The number of benzene rings is 1. The van der Waals surface area contributed by atoms with Gasteiger partial charge in [-0.2, -0.15) is 13.2 Å². The molecule has 0 aromatic heterocycles. The van der Waals surface area contributed by atoms with Crippen molar-refractivity contribution < 1.29 is 27.5 Å². The number of ether oxygens (including phenoxy) is 1. The van der Waals surface area contributed by atoms with Crippen molar-refractivity contribution in [3.8, 4) is 0 Å². The highest BCUT2D eigenvalue weighted by atomic mass is 19.4. The number of Topliss-reactive ketones (excluding diaryl/α,β-unsaturated/α-hetero) is 1. The van der Waals surface area contributed by atoms with Crippen LogP contribution >= 0.6 is 0 Å². The number of carbonyl (C=O) groups is 2. The van der Waals surface area contributed by atoms with Crippen molar-refractivity contribution in [2.45, 2.75) is 79.0 Å². The molecule has 0 unspecified atom stereocenters. The van der Waals surface area contributed by atoms with Crippen molar-refractivity contribution in [3.63, 3.8) is 0 Å². The van der Waals surface area contributed by atoms with Crippen molar-refractivity contribution in [2.75, 3.05) is 37.6 Å². The van der Waals surface area contributed by atoms with Crippen molar-refractivity contribution in [1.82, 2.24) is 4.90 Å². The summed E-state index contributed by atoms with van der Waals surface area (Å²) >= 11 is 0. The molecular weight excluding hydrogens is 469 g/mol. The number of nitrogens with zero attached hydrogens (tertiary/aromatic N) is 2. The summed E-state index contributed by atoms with van der Waals surface area (Å²) < 4.78 is 43.3. The average Bonchev–Trinajstić information content (AvgIpc) is 3.04. The summed E-state index contributed by atoms with van der Waals surface area (Å²) in [5.74, 6) is 0.285. The minimum Gasteiger partial charge on any atom is -0.451 e. The Balaban J connectivity index is 0.000000255. The quantitative estimate of drug-likeness (QED) is 0.386. The molecule has 0 saturated carbocycles. The lowest BCUT2D eigenvalue weighted by Crippen LogP contribution is -2.47. The Labute approximate surface area is 213 Å². The van der Waals surface area contributed by atoms with Crippen LogP contribution in [0.25, 0.3) is 0 Å². The Morgan fingerprint density at radius 1 is 1.14 bits per heavy atom. The molecule has 2 aliphatic rings. The SMILES string of the molecule is CC(=O)C1=C(C)C(=O)OC12CCN(CC(C)C)CC2.CCCN(CCC)c1cccc(C(F)(F)F)c1. The fraction of sp³-hybridized carbons (Fsp3) is 0.643. The number of hydrogen-bond donors (Lipinski definition) is 0. The maximum absolute atomic E-state index is 12.6. The zero-order valence-electron chi connectivity index (χ0n) is 22.5. The molecule has 2 aliphatic heterocycles. The predicted octanol–water partition coefficient (Wildman–Crippen LogP) is 6.27. The summed E-state index contributed by atoms with van der Waals surface area (Å²) in [6, 6.07) is 5.54. The molecule has 202 valence electrons. The number of hydrogen-bond acceptors (Lipinski definition) is 5. The Morgan fingerprint density at radius 2 is 1.72 bits per heavy atom.